The largest absolute Gasteiger partial charge is 0.444 e. The van der Waals surface area contributed by atoms with Crippen molar-refractivity contribution in [3.63, 3.8) is 0 Å². The lowest BCUT2D eigenvalue weighted by Crippen LogP contribution is -2.58. The van der Waals surface area contributed by atoms with Gasteiger partial charge in [-0.3, -0.25) is 4.18 Å². The maximum atomic E-state index is 11.6. The van der Waals surface area contributed by atoms with E-state index in [1.165, 1.54) is 0 Å². The van der Waals surface area contributed by atoms with Crippen LogP contribution in [0.4, 0.5) is 4.79 Å². The summed E-state index contributed by atoms with van der Waals surface area (Å²) in [5.74, 6) is 0. The van der Waals surface area contributed by atoms with Crippen molar-refractivity contribution in [3.05, 3.63) is 0 Å². The van der Waals surface area contributed by atoms with E-state index in [-0.39, 0.29) is 6.10 Å². The van der Waals surface area contributed by atoms with Crippen LogP contribution in [0, 0.1) is 0 Å². The third-order valence-electron chi connectivity index (χ3n) is 2.47. The molecular formula is C11H21NO5S. The van der Waals surface area contributed by atoms with Crippen LogP contribution in [0.15, 0.2) is 0 Å². The number of nitrogens with one attached hydrogen (secondary N) is 1. The molecule has 1 aliphatic rings. The second-order valence-electron chi connectivity index (χ2n) is 6.02. The van der Waals surface area contributed by atoms with Gasteiger partial charge in [0.15, 0.2) is 0 Å². The van der Waals surface area contributed by atoms with Crippen LogP contribution in [0.2, 0.25) is 0 Å². The fraction of sp³-hybridized carbons (Fsp3) is 0.909. The molecule has 1 aliphatic carbocycles. The maximum absolute atomic E-state index is 11.6. The highest BCUT2D eigenvalue weighted by molar-refractivity contribution is 7.86. The van der Waals surface area contributed by atoms with Crippen LogP contribution in [0.5, 0.6) is 0 Å². The summed E-state index contributed by atoms with van der Waals surface area (Å²) in [5, 5.41) is 2.73. The maximum Gasteiger partial charge on any atom is 0.408 e. The highest BCUT2D eigenvalue weighted by Gasteiger charge is 2.44. The topological polar surface area (TPSA) is 81.7 Å². The van der Waals surface area contributed by atoms with Gasteiger partial charge in [-0.05, 0) is 40.5 Å². The fourth-order valence-electron chi connectivity index (χ4n) is 1.91. The molecule has 0 unspecified atom stereocenters. The number of amides is 1. The summed E-state index contributed by atoms with van der Waals surface area (Å²) in [5.41, 5.74) is -1.01. The molecule has 1 N–H and O–H groups in total. The minimum atomic E-state index is -3.44. The standard InChI is InChI=1S/C11H21NO5S/c1-10(2,3)16-9(13)12-11(4)6-8(7-11)17-18(5,14)15/h8H,6-7H2,1-5H3,(H,12,13). The molecule has 0 aromatic rings. The van der Waals surface area contributed by atoms with Gasteiger partial charge in [0.25, 0.3) is 10.1 Å². The van der Waals surface area contributed by atoms with Crippen LogP contribution in [0.25, 0.3) is 0 Å². The molecule has 0 spiro atoms. The van der Waals surface area contributed by atoms with E-state index in [1.807, 2.05) is 6.92 Å². The predicted molar refractivity (Wildman–Crippen MR) is 66.7 cm³/mol. The Bertz CT molecular complexity index is 417. The molecule has 1 rings (SSSR count). The zero-order valence-corrected chi connectivity index (χ0v) is 12.3. The summed E-state index contributed by atoms with van der Waals surface area (Å²) in [6.45, 7) is 7.18. The molecule has 1 amide bonds. The molecule has 0 atom stereocenters. The second-order valence-corrected chi connectivity index (χ2v) is 7.62. The van der Waals surface area contributed by atoms with Crippen molar-refractivity contribution in [2.75, 3.05) is 6.26 Å². The Hall–Kier alpha value is -0.820. The first-order valence-electron chi connectivity index (χ1n) is 5.78. The molecule has 0 aromatic heterocycles. The minimum absolute atomic E-state index is 0.361. The van der Waals surface area contributed by atoms with Gasteiger partial charge in [-0.1, -0.05) is 0 Å². The molecule has 0 aromatic carbocycles. The Kier molecular flexibility index (Phi) is 3.97. The Morgan fingerprint density at radius 2 is 1.83 bits per heavy atom. The SMILES string of the molecule is CC1(NC(=O)OC(C)(C)C)CC(OS(C)(=O)=O)C1. The van der Waals surface area contributed by atoms with Gasteiger partial charge in [-0.25, -0.2) is 4.79 Å². The Morgan fingerprint density at radius 1 is 1.33 bits per heavy atom. The molecule has 0 bridgehead atoms. The lowest BCUT2D eigenvalue weighted by molar-refractivity contribution is 0.0121. The number of hydrogen-bond donors (Lipinski definition) is 1. The van der Waals surface area contributed by atoms with Crippen molar-refractivity contribution in [3.8, 4) is 0 Å². The number of carbonyl (C=O) groups is 1. The molecular weight excluding hydrogens is 258 g/mol. The summed E-state index contributed by atoms with van der Waals surface area (Å²) in [6, 6.07) is 0. The van der Waals surface area contributed by atoms with Crippen LogP contribution in [0.1, 0.15) is 40.5 Å². The molecule has 0 radical (unpaired) electrons. The van der Waals surface area contributed by atoms with E-state index in [2.05, 4.69) is 5.32 Å². The summed E-state index contributed by atoms with van der Waals surface area (Å²) in [6.07, 6.45) is 1.07. The van der Waals surface area contributed by atoms with E-state index in [1.54, 1.807) is 20.8 Å². The molecule has 18 heavy (non-hydrogen) atoms. The number of carbonyl (C=O) groups excluding carboxylic acids is 1. The molecule has 0 aliphatic heterocycles. The van der Waals surface area contributed by atoms with Crippen molar-refractivity contribution in [2.45, 2.75) is 57.8 Å². The number of hydrogen-bond acceptors (Lipinski definition) is 5. The van der Waals surface area contributed by atoms with Crippen LogP contribution in [-0.2, 0) is 19.0 Å². The number of rotatable bonds is 3. The summed E-state index contributed by atoms with van der Waals surface area (Å²) in [4.78, 5) is 11.6. The van der Waals surface area contributed by atoms with Crippen LogP contribution < -0.4 is 5.32 Å². The molecule has 1 saturated carbocycles. The predicted octanol–water partition coefficient (Wildman–Crippen LogP) is 1.41. The van der Waals surface area contributed by atoms with Crippen LogP contribution >= 0.6 is 0 Å². The monoisotopic (exact) mass is 279 g/mol. The number of alkyl carbamates (subject to hydrolysis) is 1. The highest BCUT2D eigenvalue weighted by atomic mass is 32.2. The first-order chi connectivity index (χ1) is 7.89. The zero-order valence-electron chi connectivity index (χ0n) is 11.4. The summed E-state index contributed by atoms with van der Waals surface area (Å²) in [7, 11) is -3.44. The van der Waals surface area contributed by atoms with E-state index in [0.29, 0.717) is 12.8 Å². The first-order valence-corrected chi connectivity index (χ1v) is 7.60. The third kappa shape index (κ3) is 5.22. The van der Waals surface area contributed by atoms with Gasteiger partial charge in [0.1, 0.15) is 5.60 Å². The van der Waals surface area contributed by atoms with Gasteiger partial charge in [0.05, 0.1) is 12.4 Å². The normalized spacial score (nSPS) is 28.4. The summed E-state index contributed by atoms with van der Waals surface area (Å²) < 4.78 is 31.8. The van der Waals surface area contributed by atoms with Gasteiger partial charge in [0, 0.05) is 5.54 Å². The fourth-order valence-corrected chi connectivity index (χ4v) is 2.54. The molecule has 0 saturated heterocycles. The van der Waals surface area contributed by atoms with Crippen molar-refractivity contribution < 1.29 is 22.1 Å². The Balaban J connectivity index is 2.40. The first kappa shape index (κ1) is 15.2. The van der Waals surface area contributed by atoms with Gasteiger partial charge in [0.2, 0.25) is 0 Å². The average Bonchev–Trinajstić information content (AvgIpc) is 1.92. The second kappa shape index (κ2) is 4.70. The Morgan fingerprint density at radius 3 is 2.22 bits per heavy atom. The van der Waals surface area contributed by atoms with Crippen LogP contribution in [0.3, 0.4) is 0 Å². The van der Waals surface area contributed by atoms with Crippen molar-refractivity contribution >= 4 is 16.2 Å². The minimum Gasteiger partial charge on any atom is -0.444 e. The molecule has 1 fully saturated rings. The molecule has 6 nitrogen and oxygen atoms in total. The molecule has 7 heteroatoms. The third-order valence-corrected chi connectivity index (χ3v) is 3.09. The van der Waals surface area contributed by atoms with Gasteiger partial charge < -0.3 is 10.1 Å². The van der Waals surface area contributed by atoms with E-state index in [0.717, 1.165) is 6.26 Å². The average molecular weight is 279 g/mol. The van der Waals surface area contributed by atoms with E-state index < -0.39 is 27.4 Å². The molecule has 106 valence electrons. The quantitative estimate of drug-likeness (QED) is 0.790. The van der Waals surface area contributed by atoms with Crippen molar-refractivity contribution in [2.24, 2.45) is 0 Å². The smallest absolute Gasteiger partial charge is 0.408 e. The number of ether oxygens (including phenoxy) is 1. The Labute approximate surface area is 108 Å². The molecule has 0 heterocycles. The summed E-state index contributed by atoms with van der Waals surface area (Å²) >= 11 is 0. The lowest BCUT2D eigenvalue weighted by atomic mass is 9.76. The van der Waals surface area contributed by atoms with Crippen molar-refractivity contribution in [1.82, 2.24) is 5.32 Å². The van der Waals surface area contributed by atoms with E-state index >= 15 is 0 Å². The zero-order chi connectivity index (χ0) is 14.2. The van der Waals surface area contributed by atoms with Gasteiger partial charge in [-0.2, -0.15) is 8.42 Å². The lowest BCUT2D eigenvalue weighted by Gasteiger charge is -2.44. The highest BCUT2D eigenvalue weighted by Crippen LogP contribution is 2.35. The van der Waals surface area contributed by atoms with Crippen molar-refractivity contribution in [1.29, 1.82) is 0 Å². The van der Waals surface area contributed by atoms with E-state index in [4.69, 9.17) is 8.92 Å². The van der Waals surface area contributed by atoms with Crippen LogP contribution in [-0.4, -0.2) is 38.0 Å². The van der Waals surface area contributed by atoms with Gasteiger partial charge >= 0.3 is 6.09 Å². The van der Waals surface area contributed by atoms with E-state index in [9.17, 15) is 13.2 Å². The van der Waals surface area contributed by atoms with Gasteiger partial charge in [-0.15, -0.1) is 0 Å².